The number of rotatable bonds is 4. The minimum absolute atomic E-state index is 0.293. The molecule has 0 spiro atoms. The molecule has 1 aliphatic carbocycles. The second-order valence-electron chi connectivity index (χ2n) is 3.41. The van der Waals surface area contributed by atoms with Crippen LogP contribution in [0.5, 0.6) is 0 Å². The Kier molecular flexibility index (Phi) is 3.27. The number of carbonyl (C=O) groups is 1. The molecule has 1 saturated carbocycles. The summed E-state index contributed by atoms with van der Waals surface area (Å²) in [7, 11) is 0. The predicted octanol–water partition coefficient (Wildman–Crippen LogP) is 2.31. The van der Waals surface area contributed by atoms with Crippen molar-refractivity contribution >= 4 is 5.78 Å². The highest BCUT2D eigenvalue weighted by Crippen LogP contribution is 2.34. The molecule has 0 aromatic rings. The third kappa shape index (κ3) is 1.69. The van der Waals surface area contributed by atoms with Gasteiger partial charge in [0.15, 0.2) is 5.78 Å². The van der Waals surface area contributed by atoms with Crippen LogP contribution in [-0.2, 0) is 9.53 Å². The summed E-state index contributed by atoms with van der Waals surface area (Å²) in [5.41, 5.74) is -0.385. The minimum atomic E-state index is -0.385. The SMILES string of the molecule is CCOC1(C(=O)CC)CCCC1. The maximum atomic E-state index is 11.6. The minimum Gasteiger partial charge on any atom is -0.368 e. The van der Waals surface area contributed by atoms with Gasteiger partial charge in [-0.25, -0.2) is 0 Å². The summed E-state index contributed by atoms with van der Waals surface area (Å²) in [5.74, 6) is 0.293. The maximum absolute atomic E-state index is 11.6. The van der Waals surface area contributed by atoms with Crippen LogP contribution in [0.15, 0.2) is 0 Å². The normalized spacial score (nSPS) is 21.2. The Labute approximate surface area is 74.3 Å². The third-order valence-electron chi connectivity index (χ3n) is 2.66. The van der Waals surface area contributed by atoms with E-state index in [1.165, 1.54) is 0 Å². The largest absolute Gasteiger partial charge is 0.368 e. The van der Waals surface area contributed by atoms with Crippen molar-refractivity contribution in [2.45, 2.75) is 51.6 Å². The van der Waals surface area contributed by atoms with Crippen molar-refractivity contribution in [2.24, 2.45) is 0 Å². The Morgan fingerprint density at radius 1 is 1.33 bits per heavy atom. The Bertz CT molecular complexity index is 157. The summed E-state index contributed by atoms with van der Waals surface area (Å²) in [5, 5.41) is 0. The van der Waals surface area contributed by atoms with E-state index in [1.807, 2.05) is 13.8 Å². The molecule has 2 nitrogen and oxygen atoms in total. The summed E-state index contributed by atoms with van der Waals surface area (Å²) in [4.78, 5) is 11.6. The van der Waals surface area contributed by atoms with E-state index in [-0.39, 0.29) is 5.60 Å². The van der Waals surface area contributed by atoms with Gasteiger partial charge in [0.05, 0.1) is 0 Å². The molecule has 0 saturated heterocycles. The fraction of sp³-hybridized carbons (Fsp3) is 0.900. The quantitative estimate of drug-likeness (QED) is 0.647. The molecule has 0 N–H and O–H groups in total. The Balaban J connectivity index is 2.64. The average molecular weight is 170 g/mol. The standard InChI is InChI=1S/C10H18O2/c1-3-9(11)10(12-4-2)7-5-6-8-10/h3-8H2,1-2H3. The lowest BCUT2D eigenvalue weighted by Crippen LogP contribution is -2.38. The fourth-order valence-electron chi connectivity index (χ4n) is 2.05. The monoisotopic (exact) mass is 170 g/mol. The van der Waals surface area contributed by atoms with Crippen LogP contribution in [0.25, 0.3) is 0 Å². The molecule has 1 fully saturated rings. The van der Waals surface area contributed by atoms with E-state index in [0.29, 0.717) is 18.8 Å². The van der Waals surface area contributed by atoms with E-state index in [1.54, 1.807) is 0 Å². The summed E-state index contributed by atoms with van der Waals surface area (Å²) >= 11 is 0. The van der Waals surface area contributed by atoms with E-state index in [4.69, 9.17) is 4.74 Å². The molecule has 12 heavy (non-hydrogen) atoms. The summed E-state index contributed by atoms with van der Waals surface area (Å²) in [6, 6.07) is 0. The average Bonchev–Trinajstić information content (AvgIpc) is 2.53. The van der Waals surface area contributed by atoms with Crippen LogP contribution in [0.2, 0.25) is 0 Å². The van der Waals surface area contributed by atoms with E-state index in [0.717, 1.165) is 25.7 Å². The first-order chi connectivity index (χ1) is 5.75. The lowest BCUT2D eigenvalue weighted by molar-refractivity contribution is -0.143. The van der Waals surface area contributed by atoms with Gasteiger partial charge in [-0.05, 0) is 32.6 Å². The zero-order valence-electron chi connectivity index (χ0n) is 8.06. The van der Waals surface area contributed by atoms with Crippen LogP contribution in [0, 0.1) is 0 Å². The van der Waals surface area contributed by atoms with Crippen molar-refractivity contribution in [3.05, 3.63) is 0 Å². The van der Waals surface area contributed by atoms with Crippen molar-refractivity contribution in [3.63, 3.8) is 0 Å². The van der Waals surface area contributed by atoms with E-state index >= 15 is 0 Å². The zero-order valence-corrected chi connectivity index (χ0v) is 8.06. The second-order valence-corrected chi connectivity index (χ2v) is 3.41. The first-order valence-electron chi connectivity index (χ1n) is 4.92. The number of ketones is 1. The van der Waals surface area contributed by atoms with Gasteiger partial charge in [0.1, 0.15) is 5.60 Å². The van der Waals surface area contributed by atoms with Gasteiger partial charge in [-0.2, -0.15) is 0 Å². The maximum Gasteiger partial charge on any atom is 0.164 e. The summed E-state index contributed by atoms with van der Waals surface area (Å²) < 4.78 is 5.59. The molecular weight excluding hydrogens is 152 g/mol. The molecule has 2 heteroatoms. The Hall–Kier alpha value is -0.370. The van der Waals surface area contributed by atoms with Crippen molar-refractivity contribution in [3.8, 4) is 0 Å². The number of hydrogen-bond acceptors (Lipinski definition) is 2. The number of carbonyl (C=O) groups excluding carboxylic acids is 1. The second kappa shape index (κ2) is 4.04. The lowest BCUT2D eigenvalue weighted by atomic mass is 9.94. The molecule has 0 aromatic carbocycles. The third-order valence-corrected chi connectivity index (χ3v) is 2.66. The van der Waals surface area contributed by atoms with Crippen molar-refractivity contribution in [2.75, 3.05) is 6.61 Å². The van der Waals surface area contributed by atoms with Gasteiger partial charge in [0.25, 0.3) is 0 Å². The number of Topliss-reactive ketones (excluding diaryl/α,β-unsaturated/α-hetero) is 1. The van der Waals surface area contributed by atoms with Crippen molar-refractivity contribution in [1.29, 1.82) is 0 Å². The number of ether oxygens (including phenoxy) is 1. The van der Waals surface area contributed by atoms with Gasteiger partial charge in [0, 0.05) is 13.0 Å². The fourth-order valence-corrected chi connectivity index (χ4v) is 2.05. The highest BCUT2D eigenvalue weighted by Gasteiger charge is 2.40. The molecule has 0 aromatic heterocycles. The Morgan fingerprint density at radius 2 is 1.92 bits per heavy atom. The molecule has 0 radical (unpaired) electrons. The first-order valence-corrected chi connectivity index (χ1v) is 4.92. The van der Waals surface area contributed by atoms with Crippen LogP contribution in [0.4, 0.5) is 0 Å². The van der Waals surface area contributed by atoms with Crippen LogP contribution in [0.1, 0.15) is 46.0 Å². The van der Waals surface area contributed by atoms with Crippen molar-refractivity contribution in [1.82, 2.24) is 0 Å². The van der Waals surface area contributed by atoms with Crippen LogP contribution < -0.4 is 0 Å². The molecule has 1 aliphatic rings. The molecule has 0 bridgehead atoms. The smallest absolute Gasteiger partial charge is 0.164 e. The first kappa shape index (κ1) is 9.72. The molecule has 0 atom stereocenters. The summed E-state index contributed by atoms with van der Waals surface area (Å²) in [6.45, 7) is 4.54. The van der Waals surface area contributed by atoms with E-state index in [9.17, 15) is 4.79 Å². The highest BCUT2D eigenvalue weighted by atomic mass is 16.5. The number of hydrogen-bond donors (Lipinski definition) is 0. The van der Waals surface area contributed by atoms with Gasteiger partial charge in [-0.15, -0.1) is 0 Å². The van der Waals surface area contributed by atoms with Gasteiger partial charge in [-0.3, -0.25) is 4.79 Å². The highest BCUT2D eigenvalue weighted by molar-refractivity contribution is 5.87. The van der Waals surface area contributed by atoms with Crippen LogP contribution in [0.3, 0.4) is 0 Å². The van der Waals surface area contributed by atoms with Gasteiger partial charge in [-0.1, -0.05) is 6.92 Å². The molecule has 0 heterocycles. The molecular formula is C10H18O2. The topological polar surface area (TPSA) is 26.3 Å². The van der Waals surface area contributed by atoms with E-state index in [2.05, 4.69) is 0 Å². The van der Waals surface area contributed by atoms with E-state index < -0.39 is 0 Å². The van der Waals surface area contributed by atoms with Gasteiger partial charge in [0.2, 0.25) is 0 Å². The van der Waals surface area contributed by atoms with Crippen LogP contribution in [-0.4, -0.2) is 18.0 Å². The molecule has 0 aliphatic heterocycles. The van der Waals surface area contributed by atoms with Crippen molar-refractivity contribution < 1.29 is 9.53 Å². The zero-order chi connectivity index (χ0) is 9.03. The van der Waals surface area contributed by atoms with Gasteiger partial charge >= 0.3 is 0 Å². The molecule has 0 amide bonds. The lowest BCUT2D eigenvalue weighted by Gasteiger charge is -2.26. The Morgan fingerprint density at radius 3 is 2.33 bits per heavy atom. The summed E-state index contributed by atoms with van der Waals surface area (Å²) in [6.07, 6.45) is 4.78. The molecule has 0 unspecified atom stereocenters. The predicted molar refractivity (Wildman–Crippen MR) is 48.1 cm³/mol. The van der Waals surface area contributed by atoms with Crippen LogP contribution >= 0.6 is 0 Å². The van der Waals surface area contributed by atoms with Gasteiger partial charge < -0.3 is 4.74 Å². The molecule has 70 valence electrons. The molecule has 1 rings (SSSR count).